The molecule has 3 rings (SSSR count). The van der Waals surface area contributed by atoms with Gasteiger partial charge in [0.05, 0.1) is 7.11 Å². The number of urea groups is 1. The lowest BCUT2D eigenvalue weighted by molar-refractivity contribution is 0.0762. The average Bonchev–Trinajstić information content (AvgIpc) is 2.98. The van der Waals surface area contributed by atoms with Gasteiger partial charge in [-0.1, -0.05) is 30.3 Å². The molecule has 1 heterocycles. The van der Waals surface area contributed by atoms with Crippen LogP contribution < -0.4 is 10.1 Å². The van der Waals surface area contributed by atoms with E-state index in [0.717, 1.165) is 17.7 Å². The quantitative estimate of drug-likeness (QED) is 0.904. The third kappa shape index (κ3) is 5.00. The van der Waals surface area contributed by atoms with E-state index in [1.807, 2.05) is 35.2 Å². The van der Waals surface area contributed by atoms with E-state index in [-0.39, 0.29) is 11.9 Å². The molecule has 0 aliphatic carbocycles. The second kappa shape index (κ2) is 9.07. The zero-order valence-electron chi connectivity index (χ0n) is 15.6. The van der Waals surface area contributed by atoms with Gasteiger partial charge in [-0.3, -0.25) is 4.79 Å². The minimum absolute atomic E-state index is 0.0100. The maximum Gasteiger partial charge on any atom is 0.317 e. The molecule has 1 aliphatic heterocycles. The van der Waals surface area contributed by atoms with Crippen LogP contribution in [0.4, 0.5) is 4.79 Å². The molecule has 6 nitrogen and oxygen atoms in total. The van der Waals surface area contributed by atoms with Gasteiger partial charge in [-0.05, 0) is 36.2 Å². The number of methoxy groups -OCH3 is 1. The Morgan fingerprint density at radius 2 is 1.59 bits per heavy atom. The van der Waals surface area contributed by atoms with Gasteiger partial charge in [-0.2, -0.15) is 0 Å². The van der Waals surface area contributed by atoms with Gasteiger partial charge in [-0.25, -0.2) is 4.79 Å². The Kier molecular flexibility index (Phi) is 6.30. The Hall–Kier alpha value is -3.02. The number of hydrogen-bond acceptors (Lipinski definition) is 3. The Morgan fingerprint density at radius 1 is 0.926 bits per heavy atom. The molecule has 1 saturated heterocycles. The van der Waals surface area contributed by atoms with Gasteiger partial charge < -0.3 is 19.9 Å². The van der Waals surface area contributed by atoms with Gasteiger partial charge in [0.15, 0.2) is 0 Å². The van der Waals surface area contributed by atoms with Gasteiger partial charge in [0, 0.05) is 38.3 Å². The molecule has 2 aromatic carbocycles. The van der Waals surface area contributed by atoms with Crippen LogP contribution in [0.5, 0.6) is 5.75 Å². The minimum atomic E-state index is -0.0856. The minimum Gasteiger partial charge on any atom is -0.497 e. The highest BCUT2D eigenvalue weighted by atomic mass is 16.5. The molecule has 2 aromatic rings. The highest BCUT2D eigenvalue weighted by Crippen LogP contribution is 2.14. The summed E-state index contributed by atoms with van der Waals surface area (Å²) in [6, 6.07) is 16.9. The van der Waals surface area contributed by atoms with Crippen molar-refractivity contribution in [1.82, 2.24) is 15.1 Å². The molecule has 0 atom stereocenters. The summed E-state index contributed by atoms with van der Waals surface area (Å²) in [5, 5.41) is 2.95. The second-order valence-corrected chi connectivity index (χ2v) is 6.51. The van der Waals surface area contributed by atoms with E-state index in [2.05, 4.69) is 5.32 Å². The van der Waals surface area contributed by atoms with Crippen molar-refractivity contribution in [3.05, 3.63) is 65.7 Å². The van der Waals surface area contributed by atoms with Crippen LogP contribution in [-0.2, 0) is 6.54 Å². The molecule has 0 aromatic heterocycles. The number of benzene rings is 2. The fourth-order valence-electron chi connectivity index (χ4n) is 3.13. The molecule has 0 spiro atoms. The fourth-order valence-corrected chi connectivity index (χ4v) is 3.13. The number of ether oxygens (including phenoxy) is 1. The molecule has 3 amide bonds. The summed E-state index contributed by atoms with van der Waals surface area (Å²) in [5.74, 6) is 0.716. The van der Waals surface area contributed by atoms with Crippen LogP contribution in [-0.4, -0.2) is 55.0 Å². The van der Waals surface area contributed by atoms with Gasteiger partial charge in [0.2, 0.25) is 0 Å². The number of hydrogen-bond donors (Lipinski definition) is 1. The van der Waals surface area contributed by atoms with Crippen LogP contribution >= 0.6 is 0 Å². The summed E-state index contributed by atoms with van der Waals surface area (Å²) in [6.45, 7) is 2.86. The van der Waals surface area contributed by atoms with E-state index in [1.165, 1.54) is 0 Å². The van der Waals surface area contributed by atoms with E-state index in [4.69, 9.17) is 4.74 Å². The third-order valence-corrected chi connectivity index (χ3v) is 4.69. The largest absolute Gasteiger partial charge is 0.497 e. The van der Waals surface area contributed by atoms with Crippen LogP contribution in [0, 0.1) is 0 Å². The SMILES string of the molecule is COc1ccc(C(=O)N2CCCN(C(=O)NCc3ccccc3)CC2)cc1. The molecule has 0 unspecified atom stereocenters. The van der Waals surface area contributed by atoms with Crippen molar-refractivity contribution in [1.29, 1.82) is 0 Å². The van der Waals surface area contributed by atoms with Gasteiger partial charge in [-0.15, -0.1) is 0 Å². The molecule has 1 aliphatic rings. The lowest BCUT2D eigenvalue weighted by Gasteiger charge is -2.22. The molecule has 142 valence electrons. The summed E-state index contributed by atoms with van der Waals surface area (Å²) in [7, 11) is 1.60. The van der Waals surface area contributed by atoms with E-state index >= 15 is 0 Å². The van der Waals surface area contributed by atoms with Crippen molar-refractivity contribution in [2.24, 2.45) is 0 Å². The summed E-state index contributed by atoms with van der Waals surface area (Å²) >= 11 is 0. The van der Waals surface area contributed by atoms with Crippen LogP contribution in [0.1, 0.15) is 22.3 Å². The predicted octanol–water partition coefficient (Wildman–Crippen LogP) is 2.75. The number of rotatable bonds is 4. The number of amides is 3. The average molecular weight is 367 g/mol. The van der Waals surface area contributed by atoms with Crippen molar-refractivity contribution in [3.63, 3.8) is 0 Å². The number of carbonyl (C=O) groups excluding carboxylic acids is 2. The Balaban J connectivity index is 1.53. The van der Waals surface area contributed by atoms with E-state index in [0.29, 0.717) is 38.3 Å². The van der Waals surface area contributed by atoms with Crippen LogP contribution in [0.15, 0.2) is 54.6 Å². The lowest BCUT2D eigenvalue weighted by Crippen LogP contribution is -2.42. The first kappa shape index (κ1) is 18.8. The zero-order valence-corrected chi connectivity index (χ0v) is 15.6. The Bertz CT molecular complexity index is 762. The van der Waals surface area contributed by atoms with E-state index in [9.17, 15) is 9.59 Å². The molecule has 0 bridgehead atoms. The molecule has 27 heavy (non-hydrogen) atoms. The van der Waals surface area contributed by atoms with Crippen LogP contribution in [0.25, 0.3) is 0 Å². The van der Waals surface area contributed by atoms with Crippen molar-refractivity contribution < 1.29 is 14.3 Å². The van der Waals surface area contributed by atoms with Crippen molar-refractivity contribution in [2.75, 3.05) is 33.3 Å². The summed E-state index contributed by atoms with van der Waals surface area (Å²) in [5.41, 5.74) is 1.70. The standard InChI is InChI=1S/C21H25N3O3/c1-27-19-10-8-18(9-11-19)20(25)23-12-5-13-24(15-14-23)21(26)22-16-17-6-3-2-4-7-17/h2-4,6-11H,5,12-16H2,1H3,(H,22,26). The van der Waals surface area contributed by atoms with Crippen LogP contribution in [0.3, 0.4) is 0 Å². The fraction of sp³-hybridized carbons (Fsp3) is 0.333. The topological polar surface area (TPSA) is 61.9 Å². The number of nitrogens with zero attached hydrogens (tertiary/aromatic N) is 2. The molecule has 6 heteroatoms. The molecule has 0 radical (unpaired) electrons. The second-order valence-electron chi connectivity index (χ2n) is 6.51. The highest BCUT2D eigenvalue weighted by molar-refractivity contribution is 5.94. The van der Waals surface area contributed by atoms with Crippen molar-refractivity contribution >= 4 is 11.9 Å². The number of carbonyl (C=O) groups is 2. The molecule has 1 N–H and O–H groups in total. The monoisotopic (exact) mass is 367 g/mol. The maximum atomic E-state index is 12.7. The summed E-state index contributed by atoms with van der Waals surface area (Å²) in [6.07, 6.45) is 0.765. The van der Waals surface area contributed by atoms with E-state index in [1.54, 1.807) is 36.3 Å². The van der Waals surface area contributed by atoms with Crippen molar-refractivity contribution in [2.45, 2.75) is 13.0 Å². The van der Waals surface area contributed by atoms with Gasteiger partial charge >= 0.3 is 6.03 Å². The molecule has 1 fully saturated rings. The zero-order chi connectivity index (χ0) is 19.1. The third-order valence-electron chi connectivity index (χ3n) is 4.69. The molecule has 0 saturated carbocycles. The first-order valence-corrected chi connectivity index (χ1v) is 9.17. The van der Waals surface area contributed by atoms with Gasteiger partial charge in [0.1, 0.15) is 5.75 Å². The summed E-state index contributed by atoms with van der Waals surface area (Å²) in [4.78, 5) is 28.7. The number of nitrogens with one attached hydrogen (secondary N) is 1. The predicted molar refractivity (Wildman–Crippen MR) is 104 cm³/mol. The van der Waals surface area contributed by atoms with Crippen LogP contribution in [0.2, 0.25) is 0 Å². The summed E-state index contributed by atoms with van der Waals surface area (Å²) < 4.78 is 5.13. The molecular formula is C21H25N3O3. The highest BCUT2D eigenvalue weighted by Gasteiger charge is 2.22. The smallest absolute Gasteiger partial charge is 0.317 e. The normalized spacial score (nSPS) is 14.4. The maximum absolute atomic E-state index is 12.7. The molecular weight excluding hydrogens is 342 g/mol. The Morgan fingerprint density at radius 3 is 2.30 bits per heavy atom. The Labute approximate surface area is 159 Å². The van der Waals surface area contributed by atoms with Gasteiger partial charge in [0.25, 0.3) is 5.91 Å². The first-order chi connectivity index (χ1) is 13.2. The first-order valence-electron chi connectivity index (χ1n) is 9.17. The lowest BCUT2D eigenvalue weighted by atomic mass is 10.2. The van der Waals surface area contributed by atoms with Crippen molar-refractivity contribution in [3.8, 4) is 5.75 Å². The van der Waals surface area contributed by atoms with E-state index < -0.39 is 0 Å².